The largest absolute Gasteiger partial charge is 0.497 e. The van der Waals surface area contributed by atoms with Gasteiger partial charge in [0.1, 0.15) is 5.75 Å². The van der Waals surface area contributed by atoms with Gasteiger partial charge in [0.15, 0.2) is 6.10 Å². The molecule has 0 spiro atoms. The molecule has 0 saturated carbocycles. The van der Waals surface area contributed by atoms with E-state index in [1.165, 1.54) is 11.1 Å². The first kappa shape index (κ1) is 16.9. The Balaban J connectivity index is 1.80. The molecule has 130 valence electrons. The minimum atomic E-state index is -1.07. The van der Waals surface area contributed by atoms with Crippen molar-refractivity contribution < 1.29 is 24.2 Å². The van der Waals surface area contributed by atoms with Crippen molar-refractivity contribution in [1.82, 2.24) is 9.88 Å². The smallest absolute Gasteiger partial charge is 0.334 e. The zero-order chi connectivity index (χ0) is 17.8. The summed E-state index contributed by atoms with van der Waals surface area (Å²) in [6, 6.07) is 9.20. The normalized spacial score (nSPS) is 17.2. The summed E-state index contributed by atoms with van der Waals surface area (Å²) in [6.45, 7) is 0.588. The number of hydrogen-bond acceptors (Lipinski definition) is 5. The van der Waals surface area contributed by atoms with Crippen molar-refractivity contribution in [2.24, 2.45) is 0 Å². The molecule has 1 aromatic heterocycles. The first-order valence-corrected chi connectivity index (χ1v) is 7.81. The van der Waals surface area contributed by atoms with Crippen LogP contribution in [0.25, 0.3) is 11.1 Å². The number of carbonyl (C=O) groups excluding carboxylic acids is 1. The van der Waals surface area contributed by atoms with Gasteiger partial charge in [-0.15, -0.1) is 0 Å². The lowest BCUT2D eigenvalue weighted by molar-refractivity contribution is -0.154. The molecule has 7 heteroatoms. The number of morpholine rings is 1. The van der Waals surface area contributed by atoms with Gasteiger partial charge >= 0.3 is 5.97 Å². The highest BCUT2D eigenvalue weighted by molar-refractivity contribution is 5.95. The maximum atomic E-state index is 12.7. The van der Waals surface area contributed by atoms with E-state index in [-0.39, 0.29) is 19.1 Å². The Morgan fingerprint density at radius 1 is 1.24 bits per heavy atom. The molecule has 0 aliphatic carbocycles. The monoisotopic (exact) mass is 342 g/mol. The highest BCUT2D eigenvalue weighted by Gasteiger charge is 2.29. The second-order valence-electron chi connectivity index (χ2n) is 5.64. The van der Waals surface area contributed by atoms with Crippen molar-refractivity contribution in [2.75, 3.05) is 26.8 Å². The van der Waals surface area contributed by atoms with Crippen LogP contribution in [-0.2, 0) is 9.53 Å². The fourth-order valence-corrected chi connectivity index (χ4v) is 2.66. The zero-order valence-electron chi connectivity index (χ0n) is 13.7. The summed E-state index contributed by atoms with van der Waals surface area (Å²) < 4.78 is 10.3. The molecule has 1 amide bonds. The summed E-state index contributed by atoms with van der Waals surface area (Å²) in [5.74, 6) is -0.572. The molecular weight excluding hydrogens is 324 g/mol. The number of ether oxygens (including phenoxy) is 2. The first-order valence-electron chi connectivity index (χ1n) is 7.81. The van der Waals surface area contributed by atoms with Crippen LogP contribution in [0, 0.1) is 0 Å². The van der Waals surface area contributed by atoms with Crippen LogP contribution in [0.1, 0.15) is 10.4 Å². The summed E-state index contributed by atoms with van der Waals surface area (Å²) in [7, 11) is 1.60. The maximum Gasteiger partial charge on any atom is 0.334 e. The number of aliphatic carboxylic acids is 1. The average Bonchev–Trinajstić information content (AvgIpc) is 2.67. The van der Waals surface area contributed by atoms with E-state index in [9.17, 15) is 9.59 Å². The van der Waals surface area contributed by atoms with Gasteiger partial charge in [-0.3, -0.25) is 9.78 Å². The SMILES string of the molecule is COc1ccc(-c2cncc(C(=O)N3CCO[C@@H](C(=O)O)C3)c2)cc1. The number of carboxylic acid groups (broad SMARTS) is 1. The molecule has 7 nitrogen and oxygen atoms in total. The number of nitrogens with zero attached hydrogens (tertiary/aromatic N) is 2. The van der Waals surface area contributed by atoms with E-state index in [0.717, 1.165) is 16.9 Å². The van der Waals surface area contributed by atoms with Gasteiger partial charge in [-0.25, -0.2) is 4.79 Å². The van der Waals surface area contributed by atoms with Crippen molar-refractivity contribution >= 4 is 11.9 Å². The Kier molecular flexibility index (Phi) is 4.95. The Labute approximate surface area is 144 Å². The van der Waals surface area contributed by atoms with E-state index in [2.05, 4.69) is 4.98 Å². The van der Waals surface area contributed by atoms with Gasteiger partial charge in [-0.1, -0.05) is 12.1 Å². The van der Waals surface area contributed by atoms with Gasteiger partial charge in [-0.2, -0.15) is 0 Å². The first-order chi connectivity index (χ1) is 12.1. The van der Waals surface area contributed by atoms with E-state index in [0.29, 0.717) is 12.1 Å². The fraction of sp³-hybridized carbons (Fsp3) is 0.278. The number of amides is 1. The van der Waals surface area contributed by atoms with E-state index in [4.69, 9.17) is 14.6 Å². The number of carbonyl (C=O) groups is 2. The Hall–Kier alpha value is -2.93. The third-order valence-electron chi connectivity index (χ3n) is 4.04. The molecule has 1 atom stereocenters. The minimum Gasteiger partial charge on any atom is -0.497 e. The molecule has 1 saturated heterocycles. The molecule has 1 N–H and O–H groups in total. The molecule has 25 heavy (non-hydrogen) atoms. The number of aromatic nitrogens is 1. The second kappa shape index (κ2) is 7.31. The molecule has 1 fully saturated rings. The maximum absolute atomic E-state index is 12.7. The van der Waals surface area contributed by atoms with Crippen molar-refractivity contribution in [1.29, 1.82) is 0 Å². The lowest BCUT2D eigenvalue weighted by atomic mass is 10.1. The van der Waals surface area contributed by atoms with Crippen LogP contribution in [0.2, 0.25) is 0 Å². The number of methoxy groups -OCH3 is 1. The van der Waals surface area contributed by atoms with Gasteiger partial charge < -0.3 is 19.5 Å². The molecular formula is C18H18N2O5. The topological polar surface area (TPSA) is 89.0 Å². The molecule has 1 aliphatic rings. The summed E-state index contributed by atoms with van der Waals surface area (Å²) in [4.78, 5) is 29.4. The quantitative estimate of drug-likeness (QED) is 0.909. The zero-order valence-corrected chi connectivity index (χ0v) is 13.7. The van der Waals surface area contributed by atoms with Gasteiger partial charge in [-0.05, 0) is 23.8 Å². The van der Waals surface area contributed by atoms with E-state index in [1.807, 2.05) is 24.3 Å². The molecule has 0 unspecified atom stereocenters. The van der Waals surface area contributed by atoms with Crippen LogP contribution >= 0.6 is 0 Å². The summed E-state index contributed by atoms with van der Waals surface area (Å²) in [6.07, 6.45) is 2.17. The molecule has 3 rings (SSSR count). The molecule has 2 aromatic rings. The van der Waals surface area contributed by atoms with E-state index >= 15 is 0 Å². The van der Waals surface area contributed by atoms with Gasteiger partial charge in [0.05, 0.1) is 25.8 Å². The number of rotatable bonds is 4. The van der Waals surface area contributed by atoms with Crippen LogP contribution in [-0.4, -0.2) is 59.8 Å². The van der Waals surface area contributed by atoms with Gasteiger partial charge in [0.2, 0.25) is 0 Å². The lowest BCUT2D eigenvalue weighted by Crippen LogP contribution is -2.48. The standard InChI is InChI=1S/C18H18N2O5/c1-24-15-4-2-12(3-5-15)13-8-14(10-19-9-13)17(21)20-6-7-25-16(11-20)18(22)23/h2-5,8-10,16H,6-7,11H2,1H3,(H,22,23)/t16-/m1/s1. The molecule has 1 aliphatic heterocycles. The number of hydrogen-bond donors (Lipinski definition) is 1. The van der Waals surface area contributed by atoms with Crippen LogP contribution in [0.4, 0.5) is 0 Å². The van der Waals surface area contributed by atoms with Crippen molar-refractivity contribution in [3.8, 4) is 16.9 Å². The lowest BCUT2D eigenvalue weighted by Gasteiger charge is -2.30. The summed E-state index contributed by atoms with van der Waals surface area (Å²) in [5, 5.41) is 9.06. The third kappa shape index (κ3) is 3.77. The Morgan fingerprint density at radius 3 is 2.68 bits per heavy atom. The fourth-order valence-electron chi connectivity index (χ4n) is 2.66. The van der Waals surface area contributed by atoms with Gasteiger partial charge in [0, 0.05) is 24.5 Å². The van der Waals surface area contributed by atoms with Gasteiger partial charge in [0.25, 0.3) is 5.91 Å². The number of carboxylic acids is 1. The Morgan fingerprint density at radius 2 is 2.00 bits per heavy atom. The predicted octanol–water partition coefficient (Wildman–Crippen LogP) is 1.68. The van der Waals surface area contributed by atoms with Crippen molar-refractivity contribution in [3.05, 3.63) is 48.3 Å². The predicted molar refractivity (Wildman–Crippen MR) is 89.5 cm³/mol. The van der Waals surface area contributed by atoms with Crippen LogP contribution in [0.5, 0.6) is 5.75 Å². The Bertz CT molecular complexity index is 775. The number of benzene rings is 1. The van der Waals surface area contributed by atoms with Crippen LogP contribution in [0.15, 0.2) is 42.7 Å². The van der Waals surface area contributed by atoms with Crippen molar-refractivity contribution in [3.63, 3.8) is 0 Å². The molecule has 0 radical (unpaired) electrons. The average molecular weight is 342 g/mol. The second-order valence-corrected chi connectivity index (χ2v) is 5.64. The minimum absolute atomic E-state index is 0.0287. The number of pyridine rings is 1. The molecule has 1 aromatic carbocycles. The highest BCUT2D eigenvalue weighted by Crippen LogP contribution is 2.23. The third-order valence-corrected chi connectivity index (χ3v) is 4.04. The molecule has 2 heterocycles. The summed E-state index contributed by atoms with van der Waals surface area (Å²) >= 11 is 0. The van der Waals surface area contributed by atoms with Crippen LogP contribution < -0.4 is 4.74 Å². The van der Waals surface area contributed by atoms with Crippen molar-refractivity contribution in [2.45, 2.75) is 6.10 Å². The van der Waals surface area contributed by atoms with E-state index in [1.54, 1.807) is 19.4 Å². The molecule has 0 bridgehead atoms. The van der Waals surface area contributed by atoms with E-state index < -0.39 is 12.1 Å². The van der Waals surface area contributed by atoms with Crippen LogP contribution in [0.3, 0.4) is 0 Å². The highest BCUT2D eigenvalue weighted by atomic mass is 16.5. The summed E-state index contributed by atoms with van der Waals surface area (Å²) in [5.41, 5.74) is 2.13.